The Morgan fingerprint density at radius 3 is 2.58 bits per heavy atom. The molecule has 0 fully saturated rings. The average Bonchev–Trinajstić information content (AvgIpc) is 2.96. The number of hydrogen-bond donors (Lipinski definition) is 1. The van der Waals surface area contributed by atoms with Gasteiger partial charge in [0.25, 0.3) is 0 Å². The zero-order chi connectivity index (χ0) is 13.8. The highest BCUT2D eigenvalue weighted by molar-refractivity contribution is 7.23. The number of hydrogen-bond acceptors (Lipinski definition) is 6. The molecule has 2 rings (SSSR count). The molecule has 104 valence electrons. The molecule has 0 radical (unpaired) electrons. The molecule has 19 heavy (non-hydrogen) atoms. The predicted molar refractivity (Wildman–Crippen MR) is 83.3 cm³/mol. The first-order valence-electron chi connectivity index (χ1n) is 6.73. The van der Waals surface area contributed by atoms with E-state index in [1.165, 1.54) is 15.6 Å². The molecule has 6 heteroatoms. The van der Waals surface area contributed by atoms with Gasteiger partial charge in [0.15, 0.2) is 5.01 Å². The van der Waals surface area contributed by atoms with Crippen molar-refractivity contribution in [2.24, 2.45) is 0 Å². The number of aryl methyl sites for hydroxylation is 1. The van der Waals surface area contributed by atoms with E-state index in [2.05, 4.69) is 43.2 Å². The van der Waals surface area contributed by atoms with Gasteiger partial charge in [0.2, 0.25) is 5.13 Å². The molecule has 0 atom stereocenters. The number of thiazole rings is 1. The van der Waals surface area contributed by atoms with Crippen LogP contribution < -0.4 is 5.32 Å². The van der Waals surface area contributed by atoms with Crippen LogP contribution in [0.5, 0.6) is 0 Å². The first kappa shape index (κ1) is 14.4. The molecule has 4 nitrogen and oxygen atoms in total. The Balaban J connectivity index is 2.35. The average molecular weight is 296 g/mol. The highest BCUT2D eigenvalue weighted by Gasteiger charge is 2.17. The van der Waals surface area contributed by atoms with Crippen molar-refractivity contribution in [2.75, 3.05) is 11.9 Å². The molecule has 0 aliphatic heterocycles. The minimum atomic E-state index is 0.468. The molecule has 0 aromatic carbocycles. The van der Waals surface area contributed by atoms with E-state index in [1.807, 2.05) is 0 Å². The van der Waals surface area contributed by atoms with Crippen LogP contribution in [0.3, 0.4) is 0 Å². The SMILES string of the molecule is CCCc1nc(C(C)C)sc1-c1nnc(NCC)s1. The Morgan fingerprint density at radius 1 is 1.16 bits per heavy atom. The fourth-order valence-corrected chi connectivity index (χ4v) is 3.75. The van der Waals surface area contributed by atoms with Crippen LogP contribution in [0, 0.1) is 0 Å². The molecule has 0 saturated heterocycles. The Hall–Kier alpha value is -1.01. The minimum absolute atomic E-state index is 0.468. The smallest absolute Gasteiger partial charge is 0.206 e. The fourth-order valence-electron chi connectivity index (χ4n) is 1.73. The second-order valence-corrected chi connectivity index (χ2v) is 6.68. The van der Waals surface area contributed by atoms with Crippen LogP contribution >= 0.6 is 22.7 Å². The second-order valence-electron chi connectivity index (χ2n) is 4.68. The third-order valence-electron chi connectivity index (χ3n) is 2.64. The summed E-state index contributed by atoms with van der Waals surface area (Å²) in [4.78, 5) is 5.97. The zero-order valence-corrected chi connectivity index (χ0v) is 13.5. The van der Waals surface area contributed by atoms with Gasteiger partial charge in [-0.2, -0.15) is 0 Å². The minimum Gasteiger partial charge on any atom is -0.360 e. The molecule has 0 aliphatic carbocycles. The molecule has 0 spiro atoms. The van der Waals surface area contributed by atoms with Gasteiger partial charge >= 0.3 is 0 Å². The van der Waals surface area contributed by atoms with Crippen molar-refractivity contribution >= 4 is 27.8 Å². The summed E-state index contributed by atoms with van der Waals surface area (Å²) in [5, 5.41) is 14.8. The number of nitrogens with zero attached hydrogens (tertiary/aromatic N) is 3. The van der Waals surface area contributed by atoms with Crippen molar-refractivity contribution in [3.05, 3.63) is 10.7 Å². The molecule has 0 saturated carbocycles. The van der Waals surface area contributed by atoms with Gasteiger partial charge < -0.3 is 5.32 Å². The number of aromatic nitrogens is 3. The van der Waals surface area contributed by atoms with Gasteiger partial charge in [0, 0.05) is 12.5 Å². The van der Waals surface area contributed by atoms with E-state index in [9.17, 15) is 0 Å². The van der Waals surface area contributed by atoms with Gasteiger partial charge in [-0.1, -0.05) is 38.5 Å². The molecule has 0 aliphatic rings. The van der Waals surface area contributed by atoms with E-state index in [1.54, 1.807) is 22.7 Å². The van der Waals surface area contributed by atoms with Crippen molar-refractivity contribution in [1.82, 2.24) is 15.2 Å². The fraction of sp³-hybridized carbons (Fsp3) is 0.615. The third kappa shape index (κ3) is 3.30. The second kappa shape index (κ2) is 6.43. The maximum Gasteiger partial charge on any atom is 0.206 e. The lowest BCUT2D eigenvalue weighted by molar-refractivity contribution is 0.823. The molecular formula is C13H20N4S2. The van der Waals surface area contributed by atoms with Crippen molar-refractivity contribution in [3.8, 4) is 9.88 Å². The van der Waals surface area contributed by atoms with Gasteiger partial charge in [-0.05, 0) is 13.3 Å². The maximum absolute atomic E-state index is 4.77. The highest BCUT2D eigenvalue weighted by atomic mass is 32.1. The van der Waals surface area contributed by atoms with Crippen molar-refractivity contribution in [3.63, 3.8) is 0 Å². The molecule has 2 heterocycles. The monoisotopic (exact) mass is 296 g/mol. The van der Waals surface area contributed by atoms with Crippen LogP contribution in [0.1, 0.15) is 50.7 Å². The highest BCUT2D eigenvalue weighted by Crippen LogP contribution is 2.36. The number of nitrogens with one attached hydrogen (secondary N) is 1. The summed E-state index contributed by atoms with van der Waals surface area (Å²) in [6.07, 6.45) is 2.11. The molecule has 0 amide bonds. The largest absolute Gasteiger partial charge is 0.360 e. The first-order valence-corrected chi connectivity index (χ1v) is 8.36. The molecule has 2 aromatic heterocycles. The summed E-state index contributed by atoms with van der Waals surface area (Å²) < 4.78 is 0. The van der Waals surface area contributed by atoms with Gasteiger partial charge in [-0.3, -0.25) is 0 Å². The van der Waals surface area contributed by atoms with Crippen LogP contribution in [0.2, 0.25) is 0 Å². The lowest BCUT2D eigenvalue weighted by atomic mass is 10.2. The summed E-state index contributed by atoms with van der Waals surface area (Å²) in [6.45, 7) is 9.48. The summed E-state index contributed by atoms with van der Waals surface area (Å²) >= 11 is 3.37. The van der Waals surface area contributed by atoms with Gasteiger partial charge in [-0.15, -0.1) is 21.5 Å². The van der Waals surface area contributed by atoms with E-state index < -0.39 is 0 Å². The van der Waals surface area contributed by atoms with Crippen molar-refractivity contribution in [1.29, 1.82) is 0 Å². The molecule has 0 bridgehead atoms. The van der Waals surface area contributed by atoms with E-state index in [-0.39, 0.29) is 0 Å². The quantitative estimate of drug-likeness (QED) is 0.869. The van der Waals surface area contributed by atoms with Crippen molar-refractivity contribution in [2.45, 2.75) is 46.5 Å². The lowest BCUT2D eigenvalue weighted by Crippen LogP contribution is -1.94. The lowest BCUT2D eigenvalue weighted by Gasteiger charge is -1.96. The molecule has 1 N–H and O–H groups in total. The van der Waals surface area contributed by atoms with Crippen molar-refractivity contribution < 1.29 is 0 Å². The van der Waals surface area contributed by atoms with Crippen LogP contribution in [-0.4, -0.2) is 21.7 Å². The van der Waals surface area contributed by atoms with Gasteiger partial charge in [0.1, 0.15) is 0 Å². The molecular weight excluding hydrogens is 276 g/mol. The topological polar surface area (TPSA) is 50.7 Å². The molecule has 2 aromatic rings. The van der Waals surface area contributed by atoms with E-state index in [0.717, 1.165) is 29.5 Å². The molecule has 0 unspecified atom stereocenters. The summed E-state index contributed by atoms with van der Waals surface area (Å²) in [7, 11) is 0. The maximum atomic E-state index is 4.77. The summed E-state index contributed by atoms with van der Waals surface area (Å²) in [5.74, 6) is 0.468. The van der Waals surface area contributed by atoms with Gasteiger partial charge in [-0.25, -0.2) is 4.98 Å². The zero-order valence-electron chi connectivity index (χ0n) is 11.9. The Bertz CT molecular complexity index is 530. The summed E-state index contributed by atoms with van der Waals surface area (Å²) in [5.41, 5.74) is 1.18. The number of rotatable bonds is 6. The van der Waals surface area contributed by atoms with Crippen LogP contribution in [0.15, 0.2) is 0 Å². The normalized spacial score (nSPS) is 11.2. The van der Waals surface area contributed by atoms with Crippen LogP contribution in [0.4, 0.5) is 5.13 Å². The standard InChI is InChI=1S/C13H20N4S2/c1-5-7-9-10(18-11(15-9)8(3)4)12-16-17-13(19-12)14-6-2/h8H,5-7H2,1-4H3,(H,14,17). The van der Waals surface area contributed by atoms with E-state index >= 15 is 0 Å². The Morgan fingerprint density at radius 2 is 1.95 bits per heavy atom. The van der Waals surface area contributed by atoms with Crippen LogP contribution in [-0.2, 0) is 6.42 Å². The number of anilines is 1. The Labute approximate surface area is 122 Å². The van der Waals surface area contributed by atoms with Gasteiger partial charge in [0.05, 0.1) is 15.6 Å². The van der Waals surface area contributed by atoms with E-state index in [0.29, 0.717) is 5.92 Å². The van der Waals surface area contributed by atoms with E-state index in [4.69, 9.17) is 4.98 Å². The predicted octanol–water partition coefficient (Wildman–Crippen LogP) is 4.17. The summed E-state index contributed by atoms with van der Waals surface area (Å²) in [6, 6.07) is 0. The third-order valence-corrected chi connectivity index (χ3v) is 5.07. The van der Waals surface area contributed by atoms with Crippen LogP contribution in [0.25, 0.3) is 9.88 Å². The Kier molecular flexibility index (Phi) is 4.87. The first-order chi connectivity index (χ1) is 9.15.